The van der Waals surface area contributed by atoms with Gasteiger partial charge in [0.2, 0.25) is 35.1 Å². The van der Waals surface area contributed by atoms with E-state index in [1.54, 1.807) is 60.7 Å². The average molecular weight is 1250 g/mol. The Morgan fingerprint density at radius 2 is 1.00 bits per heavy atom. The molecule has 8 rings (SSSR count). The lowest BCUT2D eigenvalue weighted by Crippen LogP contribution is -2.59. The molecule has 0 aliphatic carbocycles. The molecule has 8 aromatic rings. The Bertz CT molecular complexity index is 3620. The third-order valence-corrected chi connectivity index (χ3v) is 19.6. The number of phosphoric acid groups is 1. The monoisotopic (exact) mass is 1250 g/mol. The van der Waals surface area contributed by atoms with E-state index in [0.29, 0.717) is 35.2 Å². The number of anilines is 1. The van der Waals surface area contributed by atoms with Crippen LogP contribution in [0.25, 0.3) is 11.0 Å². The van der Waals surface area contributed by atoms with Crippen molar-refractivity contribution in [3.05, 3.63) is 215 Å². The minimum Gasteiger partial charge on any atom is -0.480 e. The van der Waals surface area contributed by atoms with Crippen LogP contribution in [0.15, 0.2) is 193 Å². The van der Waals surface area contributed by atoms with Gasteiger partial charge in [0.05, 0.1) is 16.8 Å². The van der Waals surface area contributed by atoms with Gasteiger partial charge in [-0.2, -0.15) is 0 Å². The maximum absolute atomic E-state index is 14.7. The van der Waals surface area contributed by atoms with E-state index in [1.807, 2.05) is 54.6 Å². The number of non-ortho nitro benzene ring substituents is 1. The van der Waals surface area contributed by atoms with Gasteiger partial charge in [0.15, 0.2) is 5.52 Å². The molecule has 462 valence electrons. The Balaban J connectivity index is 0.927. The number of hydrogen-bond acceptors (Lipinski definition) is 14. The number of carboxylic acids is 1. The van der Waals surface area contributed by atoms with E-state index >= 15 is 0 Å². The number of hydrogen-bond donors (Lipinski definition) is 9. The van der Waals surface area contributed by atoms with E-state index < -0.39 is 73.8 Å². The van der Waals surface area contributed by atoms with Crippen molar-refractivity contribution < 1.29 is 62.3 Å². The lowest BCUT2D eigenvalue weighted by molar-refractivity contribution is -0.383. The molecule has 7 aromatic carbocycles. The molecule has 0 bridgehead atoms. The molecule has 0 saturated heterocycles. The van der Waals surface area contributed by atoms with Crippen molar-refractivity contribution in [3.63, 3.8) is 0 Å². The minimum absolute atomic E-state index is 0.0159. The first kappa shape index (κ1) is 65.3. The van der Waals surface area contributed by atoms with Crippen LogP contribution in [0, 0.1) is 10.1 Å². The van der Waals surface area contributed by atoms with Gasteiger partial charge in [0.25, 0.3) is 0 Å². The number of carbonyl (C=O) groups is 6. The summed E-state index contributed by atoms with van der Waals surface area (Å²) < 4.78 is 21.0. The molecule has 0 spiro atoms. The van der Waals surface area contributed by atoms with Crippen LogP contribution >= 0.6 is 15.1 Å². The molecule has 9 N–H and O–H groups in total. The van der Waals surface area contributed by atoms with Gasteiger partial charge in [-0.15, -0.1) is 0 Å². The van der Waals surface area contributed by atoms with Crippen LogP contribution in [0.1, 0.15) is 55.2 Å². The van der Waals surface area contributed by atoms with E-state index in [-0.39, 0.29) is 86.4 Å². The predicted octanol–water partition coefficient (Wildman–Crippen LogP) is 6.22. The molecule has 0 aliphatic heterocycles. The quantitative estimate of drug-likeness (QED) is 0.00954. The first-order valence-electron chi connectivity index (χ1n) is 28.8. The Kier molecular flexibility index (Phi) is 23.4. The van der Waals surface area contributed by atoms with Crippen LogP contribution in [-0.4, -0.2) is 109 Å². The summed E-state index contributed by atoms with van der Waals surface area (Å²) in [7, 11) is -7.10. The number of aliphatic carboxylic acids is 1. The van der Waals surface area contributed by atoms with Crippen molar-refractivity contribution in [1.29, 1.82) is 0 Å². The lowest BCUT2D eigenvalue weighted by Gasteiger charge is -2.27. The Hall–Kier alpha value is -9.66. The zero-order valence-corrected chi connectivity index (χ0v) is 50.0. The molecule has 1 aromatic heterocycles. The molecule has 0 saturated carbocycles. The molecule has 25 heteroatoms. The zero-order chi connectivity index (χ0) is 63.2. The van der Waals surface area contributed by atoms with Crippen LogP contribution in [0.4, 0.5) is 11.4 Å². The van der Waals surface area contributed by atoms with Crippen LogP contribution in [0.5, 0.6) is 5.75 Å². The third-order valence-electron chi connectivity index (χ3n) is 14.7. The van der Waals surface area contributed by atoms with Gasteiger partial charge in [-0.05, 0) is 107 Å². The topological polar surface area (TPSA) is 344 Å². The maximum atomic E-state index is 14.7. The molecular weight excluding hydrogens is 1180 g/mol. The van der Waals surface area contributed by atoms with E-state index in [4.69, 9.17) is 9.15 Å². The molecule has 0 fully saturated rings. The molecule has 0 aliphatic rings. The molecule has 4 atom stereocenters. The highest BCUT2D eigenvalue weighted by Gasteiger charge is 2.45. The average Bonchev–Trinajstić information content (AvgIpc) is 2.46. The van der Waals surface area contributed by atoms with Crippen LogP contribution < -0.4 is 52.3 Å². The summed E-state index contributed by atoms with van der Waals surface area (Å²) >= 11 is 0. The van der Waals surface area contributed by atoms with Gasteiger partial charge in [0, 0.05) is 51.3 Å². The summed E-state index contributed by atoms with van der Waals surface area (Å²) in [6.45, 7) is 0.228. The van der Waals surface area contributed by atoms with Gasteiger partial charge in [-0.25, -0.2) is 14.0 Å². The molecule has 89 heavy (non-hydrogen) atoms. The number of unbranched alkanes of at least 4 members (excludes halogenated alkanes) is 1. The number of nitro groups is 1. The largest absolute Gasteiger partial charge is 0.524 e. The fraction of sp³-hybridized carbons (Fsp3) is 0.250. The first-order valence-corrected chi connectivity index (χ1v) is 32.3. The maximum Gasteiger partial charge on any atom is 0.524 e. The molecule has 23 nitrogen and oxygen atoms in total. The number of phosphoric ester groups is 1. The molecule has 5 amide bonds. The van der Waals surface area contributed by atoms with Gasteiger partial charge in [-0.1, -0.05) is 127 Å². The highest BCUT2D eigenvalue weighted by molar-refractivity contribution is 7.95. The van der Waals surface area contributed by atoms with E-state index in [0.717, 1.165) is 6.16 Å². The summed E-state index contributed by atoms with van der Waals surface area (Å²) in [6.07, 6.45) is 1.60. The van der Waals surface area contributed by atoms with Crippen LogP contribution in [-0.2, 0) is 52.6 Å². The van der Waals surface area contributed by atoms with Crippen molar-refractivity contribution in [2.24, 2.45) is 0 Å². The molecule has 0 radical (unpaired) electrons. The summed E-state index contributed by atoms with van der Waals surface area (Å²) in [5, 5.41) is 49.7. The number of rotatable bonds is 33. The fourth-order valence-corrected chi connectivity index (χ4v) is 15.1. The van der Waals surface area contributed by atoms with Crippen molar-refractivity contribution in [1.82, 2.24) is 36.9 Å². The lowest BCUT2D eigenvalue weighted by atomic mass is 10.0. The Morgan fingerprint density at radius 3 is 1.48 bits per heavy atom. The highest BCUT2D eigenvalue weighted by Crippen LogP contribution is 2.56. The second-order valence-corrected chi connectivity index (χ2v) is 25.7. The number of benzene rings is 7. The minimum atomic E-state index is -4.94. The van der Waals surface area contributed by atoms with Gasteiger partial charge >= 0.3 is 19.5 Å². The standard InChI is InChI=1S/C64H67N9O14P2/c74-57(30-18-40-88(48-23-10-3-11-24-48,49-25-12-4-13-26-49)50-27-14-5-15-28-50)66-38-17-16-29-52(64(79)80)68-62(77)55(43-46-31-33-47(34-32-46)86-89(83,84)85)70-63(78)54(42-45-21-8-2-9-22-45)69-61(76)53(41-44-19-6-1-7-20-44)67-58(75)37-39-65-51-35-36-56(73(81)82)60-59(51)71-87-72-60/h1-15,19-28,31-36,52-55H,16-18,29-30,37-43H2,(H8-,65,66,67,68,69,70,72,74,75,76,77,78,79,80,83,84,85)/p+1/t52-,53-,54-,55-/m0/s1. The second-order valence-electron chi connectivity index (χ2n) is 21.0. The van der Waals surface area contributed by atoms with Crippen molar-refractivity contribution >= 4 is 88.9 Å². The number of carboxylic acid groups (broad SMARTS) is 1. The Labute approximate surface area is 513 Å². The molecule has 1 heterocycles. The number of nitrogens with zero attached hydrogens (tertiary/aromatic N) is 3. The number of nitrogens with one attached hydrogen (secondary N) is 6. The summed E-state index contributed by atoms with van der Waals surface area (Å²) in [6, 6.07) is 50.9. The van der Waals surface area contributed by atoms with Crippen LogP contribution in [0.2, 0.25) is 0 Å². The number of fused-ring (bicyclic) bond motifs is 1. The molecule has 0 unspecified atom stereocenters. The fourth-order valence-electron chi connectivity index (χ4n) is 10.3. The van der Waals surface area contributed by atoms with Crippen molar-refractivity contribution in [2.75, 3.05) is 24.6 Å². The normalized spacial score (nSPS) is 12.7. The summed E-state index contributed by atoms with van der Waals surface area (Å²) in [5.74, 6) is -4.82. The predicted molar refractivity (Wildman–Crippen MR) is 336 cm³/mol. The second kappa shape index (κ2) is 31.8. The zero-order valence-electron chi connectivity index (χ0n) is 48.3. The highest BCUT2D eigenvalue weighted by atomic mass is 31.2. The van der Waals surface area contributed by atoms with Gasteiger partial charge < -0.3 is 41.5 Å². The first-order chi connectivity index (χ1) is 42.9. The number of aromatic nitrogens is 2. The van der Waals surface area contributed by atoms with Crippen molar-refractivity contribution in [2.45, 2.75) is 82.0 Å². The number of nitro benzene ring substituents is 1. The summed E-state index contributed by atoms with van der Waals surface area (Å²) in [5.41, 5.74) is 1.58. The third kappa shape index (κ3) is 18.9. The van der Waals surface area contributed by atoms with Crippen LogP contribution in [0.3, 0.4) is 0 Å². The molecular formula is C64H68N9O14P2+. The number of carbonyl (C=O) groups excluding carboxylic acids is 5. The Morgan fingerprint density at radius 1 is 0.539 bits per heavy atom. The smallest absolute Gasteiger partial charge is 0.480 e. The van der Waals surface area contributed by atoms with E-state index in [2.05, 4.69) is 78.6 Å². The van der Waals surface area contributed by atoms with Gasteiger partial charge in [-0.3, -0.25) is 43.9 Å². The van der Waals surface area contributed by atoms with E-state index in [1.165, 1.54) is 52.3 Å². The van der Waals surface area contributed by atoms with E-state index in [9.17, 15) is 58.3 Å². The number of amides is 5. The van der Waals surface area contributed by atoms with Crippen molar-refractivity contribution in [3.8, 4) is 5.75 Å². The summed E-state index contributed by atoms with van der Waals surface area (Å²) in [4.78, 5) is 113. The SMILES string of the molecule is O=C(CCC[P+](c1ccccc1)(c1ccccc1)c1ccccc1)NCCCC[C@H](NC(=O)[C@H](Cc1ccc(OP(=O)(O)O)cc1)NC(=O)[C@H](Cc1ccccc1)NC(=O)[C@H](Cc1ccccc1)NC(=O)CCNc1ccc([N+](=O)[O-])c2nonc12)C(=O)O. The van der Waals surface area contributed by atoms with Gasteiger partial charge in [0.1, 0.15) is 53.1 Å².